The van der Waals surface area contributed by atoms with Crippen LogP contribution < -0.4 is 5.32 Å². The summed E-state index contributed by atoms with van der Waals surface area (Å²) in [5, 5.41) is 16.4. The van der Waals surface area contributed by atoms with Crippen molar-refractivity contribution in [3.8, 4) is 5.75 Å². The Balaban J connectivity index is 2.14. The van der Waals surface area contributed by atoms with Crippen LogP contribution in [0.4, 0.5) is 13.2 Å². The lowest BCUT2D eigenvalue weighted by Crippen LogP contribution is -2.52. The van der Waals surface area contributed by atoms with Gasteiger partial charge in [-0.05, 0) is 49.6 Å². The molecule has 2 N–H and O–H groups in total. The Morgan fingerprint density at radius 3 is 2.17 bits per heavy atom. The predicted octanol–water partition coefficient (Wildman–Crippen LogP) is 3.24. The van der Waals surface area contributed by atoms with E-state index in [1.165, 1.54) is 12.1 Å². The van der Waals surface area contributed by atoms with Crippen LogP contribution in [-0.4, -0.2) is 33.9 Å². The third kappa shape index (κ3) is 3.94. The van der Waals surface area contributed by atoms with Gasteiger partial charge in [0.1, 0.15) is 5.75 Å². The first kappa shape index (κ1) is 20.4. The van der Waals surface area contributed by atoms with Gasteiger partial charge < -0.3 is 10.4 Å². The Morgan fingerprint density at radius 1 is 1.10 bits per heavy atom. The van der Waals surface area contributed by atoms with Gasteiger partial charge in [0.15, 0.2) is 11.9 Å². The quantitative estimate of drug-likeness (QED) is 0.805. The van der Waals surface area contributed by atoms with E-state index >= 15 is 0 Å². The Labute approximate surface area is 164 Å². The van der Waals surface area contributed by atoms with Crippen molar-refractivity contribution >= 4 is 17.6 Å². The smallest absolute Gasteiger partial charge is 0.473 e. The third-order valence-electron chi connectivity index (χ3n) is 4.55. The van der Waals surface area contributed by atoms with E-state index in [0.717, 1.165) is 5.56 Å². The van der Waals surface area contributed by atoms with Crippen LogP contribution in [-0.2, 0) is 9.59 Å². The summed E-state index contributed by atoms with van der Waals surface area (Å²) >= 11 is 0. The SMILES string of the molecule is Cc1ccc(C2=NN(C(=O)C(F)(F)F)C(c3cc(C)c(O)c(C)c3)C(=O)N2)cc1. The standard InChI is InChI=1S/C20H18F3N3O3/c1-10-4-6-13(7-5-10)17-24-18(28)15(26(25-17)19(29)20(21,22)23)14-8-11(2)16(27)12(3)9-14/h4-9,15,27H,1-3H3,(H,24,25,28). The van der Waals surface area contributed by atoms with E-state index < -0.39 is 24.0 Å². The average Bonchev–Trinajstić information content (AvgIpc) is 2.64. The van der Waals surface area contributed by atoms with Crippen molar-refractivity contribution in [3.05, 3.63) is 64.2 Å². The lowest BCUT2D eigenvalue weighted by Gasteiger charge is -2.32. The van der Waals surface area contributed by atoms with E-state index in [4.69, 9.17) is 0 Å². The van der Waals surface area contributed by atoms with Crippen molar-refractivity contribution in [1.82, 2.24) is 10.3 Å². The molecule has 1 unspecified atom stereocenters. The van der Waals surface area contributed by atoms with Gasteiger partial charge in [-0.15, -0.1) is 0 Å². The molecule has 1 aliphatic rings. The molecule has 0 radical (unpaired) electrons. The molecule has 3 rings (SSSR count). The number of hydrogen-bond donors (Lipinski definition) is 2. The van der Waals surface area contributed by atoms with E-state index in [0.29, 0.717) is 16.7 Å². The highest BCUT2D eigenvalue weighted by Gasteiger charge is 2.49. The Kier molecular flexibility index (Phi) is 5.08. The number of amidine groups is 1. The van der Waals surface area contributed by atoms with Crippen molar-refractivity contribution in [1.29, 1.82) is 0 Å². The van der Waals surface area contributed by atoms with E-state index in [1.807, 2.05) is 6.92 Å². The van der Waals surface area contributed by atoms with E-state index in [9.17, 15) is 27.9 Å². The molecule has 0 fully saturated rings. The van der Waals surface area contributed by atoms with E-state index in [2.05, 4.69) is 10.4 Å². The first-order chi connectivity index (χ1) is 13.5. The van der Waals surface area contributed by atoms with Crippen molar-refractivity contribution in [2.45, 2.75) is 33.0 Å². The molecule has 1 aliphatic heterocycles. The lowest BCUT2D eigenvalue weighted by atomic mass is 9.98. The molecular formula is C20H18F3N3O3. The van der Waals surface area contributed by atoms with Gasteiger partial charge in [-0.1, -0.05) is 29.8 Å². The number of aromatic hydroxyl groups is 1. The molecule has 1 heterocycles. The maximum atomic E-state index is 13.2. The van der Waals surface area contributed by atoms with Gasteiger partial charge in [0.05, 0.1) is 0 Å². The molecule has 0 saturated heterocycles. The number of hydrogen-bond acceptors (Lipinski definition) is 4. The number of nitrogens with one attached hydrogen (secondary N) is 1. The van der Waals surface area contributed by atoms with Crippen LogP contribution in [0, 0.1) is 20.8 Å². The molecule has 2 aromatic carbocycles. The molecule has 152 valence electrons. The predicted molar refractivity (Wildman–Crippen MR) is 99.1 cm³/mol. The minimum absolute atomic E-state index is 0.0393. The third-order valence-corrected chi connectivity index (χ3v) is 4.55. The van der Waals surface area contributed by atoms with Crippen LogP contribution in [0.1, 0.15) is 33.9 Å². The van der Waals surface area contributed by atoms with Crippen molar-refractivity contribution in [3.63, 3.8) is 0 Å². The Bertz CT molecular complexity index is 991. The summed E-state index contributed by atoms with van der Waals surface area (Å²) in [5.41, 5.74) is 2.11. The van der Waals surface area contributed by atoms with Gasteiger partial charge >= 0.3 is 12.1 Å². The second-order valence-corrected chi connectivity index (χ2v) is 6.86. The minimum Gasteiger partial charge on any atom is -0.507 e. The number of phenols is 1. The number of rotatable bonds is 2. The summed E-state index contributed by atoms with van der Waals surface area (Å²) in [6.45, 7) is 4.92. The number of benzene rings is 2. The molecule has 2 aromatic rings. The molecular weight excluding hydrogens is 387 g/mol. The Morgan fingerprint density at radius 2 is 1.66 bits per heavy atom. The molecule has 0 saturated carbocycles. The fourth-order valence-electron chi connectivity index (χ4n) is 3.06. The minimum atomic E-state index is -5.22. The van der Waals surface area contributed by atoms with Crippen molar-refractivity contribution in [2.75, 3.05) is 0 Å². The fourth-order valence-corrected chi connectivity index (χ4v) is 3.06. The highest BCUT2D eigenvalue weighted by Crippen LogP contribution is 2.33. The van der Waals surface area contributed by atoms with Crippen LogP contribution in [0.25, 0.3) is 0 Å². The van der Waals surface area contributed by atoms with Gasteiger partial charge in [0.25, 0.3) is 5.91 Å². The summed E-state index contributed by atoms with van der Waals surface area (Å²) in [6.07, 6.45) is -5.22. The first-order valence-corrected chi connectivity index (χ1v) is 8.66. The first-order valence-electron chi connectivity index (χ1n) is 8.66. The molecule has 6 nitrogen and oxygen atoms in total. The molecule has 0 bridgehead atoms. The normalized spacial score (nSPS) is 17.0. The number of hydrazone groups is 1. The van der Waals surface area contributed by atoms with Gasteiger partial charge in [0, 0.05) is 5.56 Å². The summed E-state index contributed by atoms with van der Waals surface area (Å²) < 4.78 is 39.7. The molecule has 0 aromatic heterocycles. The number of carbonyl (C=O) groups is 2. The average molecular weight is 405 g/mol. The molecule has 0 spiro atoms. The molecule has 2 amide bonds. The van der Waals surface area contributed by atoms with Gasteiger partial charge in [-0.2, -0.15) is 18.3 Å². The second-order valence-electron chi connectivity index (χ2n) is 6.86. The van der Waals surface area contributed by atoms with Gasteiger partial charge in [-0.3, -0.25) is 9.59 Å². The lowest BCUT2D eigenvalue weighted by molar-refractivity contribution is -0.189. The largest absolute Gasteiger partial charge is 0.507 e. The maximum Gasteiger partial charge on any atom is 0.473 e. The number of halogens is 3. The number of aryl methyl sites for hydroxylation is 3. The molecule has 0 aliphatic carbocycles. The zero-order chi connectivity index (χ0) is 21.5. The fraction of sp³-hybridized carbons (Fsp3) is 0.250. The van der Waals surface area contributed by atoms with Crippen molar-refractivity contribution < 1.29 is 27.9 Å². The van der Waals surface area contributed by atoms with Crippen LogP contribution in [0.3, 0.4) is 0 Å². The van der Waals surface area contributed by atoms with Crippen LogP contribution in [0.15, 0.2) is 41.5 Å². The molecule has 9 heteroatoms. The summed E-state index contributed by atoms with van der Waals surface area (Å²) in [7, 11) is 0. The zero-order valence-corrected chi connectivity index (χ0v) is 15.8. The summed E-state index contributed by atoms with van der Waals surface area (Å²) in [6, 6.07) is 7.67. The molecule has 1 atom stereocenters. The second kappa shape index (κ2) is 7.23. The summed E-state index contributed by atoms with van der Waals surface area (Å²) in [4.78, 5) is 24.9. The number of nitrogens with zero attached hydrogens (tertiary/aromatic N) is 2. The number of phenolic OH excluding ortho intramolecular Hbond substituents is 1. The van der Waals surface area contributed by atoms with Gasteiger partial charge in [-0.25, -0.2) is 5.01 Å². The number of carbonyl (C=O) groups excluding carboxylic acids is 2. The highest BCUT2D eigenvalue weighted by molar-refractivity contribution is 6.12. The number of amides is 2. The Hall–Kier alpha value is -3.36. The monoisotopic (exact) mass is 405 g/mol. The highest BCUT2D eigenvalue weighted by atomic mass is 19.4. The van der Waals surface area contributed by atoms with E-state index in [1.54, 1.807) is 38.1 Å². The topological polar surface area (TPSA) is 82.0 Å². The van der Waals surface area contributed by atoms with Crippen LogP contribution in [0.5, 0.6) is 5.75 Å². The van der Waals surface area contributed by atoms with E-state index in [-0.39, 0.29) is 22.2 Å². The maximum absolute atomic E-state index is 13.2. The molecule has 29 heavy (non-hydrogen) atoms. The number of alkyl halides is 3. The van der Waals surface area contributed by atoms with Crippen LogP contribution >= 0.6 is 0 Å². The zero-order valence-electron chi connectivity index (χ0n) is 15.8. The summed E-state index contributed by atoms with van der Waals surface area (Å²) in [5.74, 6) is -3.29. The van der Waals surface area contributed by atoms with Crippen molar-refractivity contribution in [2.24, 2.45) is 5.10 Å². The van der Waals surface area contributed by atoms with Crippen LogP contribution in [0.2, 0.25) is 0 Å². The van der Waals surface area contributed by atoms with Gasteiger partial charge in [0.2, 0.25) is 0 Å².